The minimum absolute atomic E-state index is 1.10. The maximum atomic E-state index is 2.31. The topological polar surface area (TPSA) is 0 Å². The van der Waals surface area contributed by atoms with E-state index in [1.165, 1.54) is 315 Å². The molecule has 0 heterocycles. The Hall–Kier alpha value is 0. The Bertz CT molecular complexity index is 630. The molecule has 0 N–H and O–H groups in total. The van der Waals surface area contributed by atoms with Gasteiger partial charge >= 0.3 is 0 Å². The fourth-order valence-electron chi connectivity index (χ4n) is 9.76. The van der Waals surface area contributed by atoms with Gasteiger partial charge in [-0.1, -0.05) is 341 Å². The zero-order valence-electron chi connectivity index (χ0n) is 38.3. The first-order valence-corrected chi connectivity index (χ1v) is 26.9. The van der Waals surface area contributed by atoms with Crippen LogP contribution in [0.3, 0.4) is 0 Å². The molecule has 0 atom stereocenters. The van der Waals surface area contributed by atoms with Crippen LogP contribution in [-0.2, 0) is 0 Å². The molecule has 0 nitrogen and oxygen atoms in total. The van der Waals surface area contributed by atoms with Gasteiger partial charge in [-0.25, -0.2) is 0 Å². The molecule has 0 unspecified atom stereocenters. The molecule has 0 aromatic carbocycles. The van der Waals surface area contributed by atoms with E-state index in [0.29, 0.717) is 0 Å². The van der Waals surface area contributed by atoms with E-state index in [1.54, 1.807) is 19.3 Å². The summed E-state index contributed by atoms with van der Waals surface area (Å²) in [6.45, 7) is 2.31. The molecular formula is C54H108. The summed E-state index contributed by atoms with van der Waals surface area (Å²) >= 11 is 0. The molecule has 0 aromatic heterocycles. The summed E-state index contributed by atoms with van der Waals surface area (Å²) in [5, 5.41) is 0. The molecule has 0 aromatic rings. The highest BCUT2D eigenvalue weighted by molar-refractivity contribution is 4.66. The van der Waals surface area contributed by atoms with Crippen LogP contribution in [-0.4, -0.2) is 0 Å². The summed E-state index contributed by atoms with van der Waals surface area (Å²) in [6.07, 6.45) is 77.9. The van der Waals surface area contributed by atoms with Crippen molar-refractivity contribution in [2.45, 2.75) is 341 Å². The molecule has 0 bridgehead atoms. The first-order valence-electron chi connectivity index (χ1n) is 26.9. The fourth-order valence-corrected chi connectivity index (χ4v) is 9.76. The molecule has 0 aliphatic heterocycles. The Morgan fingerprint density at radius 1 is 0.204 bits per heavy atom. The van der Waals surface area contributed by atoms with Crippen LogP contribution in [0.2, 0.25) is 0 Å². The lowest BCUT2D eigenvalue weighted by Crippen LogP contribution is -2.05. The number of hydrogen-bond donors (Lipinski definition) is 0. The molecule has 0 spiro atoms. The van der Waals surface area contributed by atoms with Gasteiger partial charge in [0.1, 0.15) is 0 Å². The van der Waals surface area contributed by atoms with Crippen LogP contribution in [0.15, 0.2) is 0 Å². The molecule has 0 heteroatoms. The van der Waals surface area contributed by atoms with Crippen molar-refractivity contribution >= 4 is 0 Å². The smallest absolute Gasteiger partial charge is 0.0414 e. The van der Waals surface area contributed by atoms with E-state index >= 15 is 0 Å². The maximum absolute atomic E-state index is 2.31. The molecule has 0 saturated heterocycles. The van der Waals surface area contributed by atoms with E-state index in [1.807, 2.05) is 0 Å². The van der Waals surface area contributed by atoms with Crippen molar-refractivity contribution in [1.29, 1.82) is 0 Å². The van der Waals surface area contributed by atoms with Gasteiger partial charge in [-0.2, -0.15) is 0 Å². The molecule has 1 rings (SSSR count). The summed E-state index contributed by atoms with van der Waals surface area (Å²) in [5.74, 6) is 1.10. The highest BCUT2D eigenvalue weighted by Gasteiger charge is 2.12. The molecule has 0 radical (unpaired) electrons. The van der Waals surface area contributed by atoms with Crippen molar-refractivity contribution in [2.75, 3.05) is 0 Å². The molecule has 54 heavy (non-hydrogen) atoms. The van der Waals surface area contributed by atoms with E-state index in [9.17, 15) is 0 Å². The first kappa shape index (κ1) is 52.0. The average Bonchev–Trinajstić information content (AvgIpc) is 3.19. The lowest BCUT2D eigenvalue weighted by molar-refractivity contribution is 0.328. The standard InChI is InChI=1S/C54H108/c1-2-3-4-5-6-7-8-9-10-11-12-13-14-15-16-17-18-19-20-21-22-23-24-25-26-27-28-29-30-31-32-33-34-35-36-37-38-39-40-41-42-43-44-45-46-48-51-54-52-49-47-50-53-54/h54H,2-53H2,1H3. The molecule has 1 saturated carbocycles. The average molecular weight is 757 g/mol. The van der Waals surface area contributed by atoms with E-state index in [-0.39, 0.29) is 0 Å². The van der Waals surface area contributed by atoms with Crippen LogP contribution < -0.4 is 0 Å². The summed E-state index contributed by atoms with van der Waals surface area (Å²) in [5.41, 5.74) is 0. The van der Waals surface area contributed by atoms with Gasteiger partial charge in [-0.3, -0.25) is 0 Å². The van der Waals surface area contributed by atoms with Gasteiger partial charge in [0.15, 0.2) is 0 Å². The second kappa shape index (κ2) is 47.4. The summed E-state index contributed by atoms with van der Waals surface area (Å²) in [4.78, 5) is 0. The maximum Gasteiger partial charge on any atom is -0.0414 e. The van der Waals surface area contributed by atoms with Crippen LogP contribution in [0.4, 0.5) is 0 Å². The number of unbranched alkanes of at least 4 members (excludes halogenated alkanes) is 45. The third kappa shape index (κ3) is 43.1. The molecule has 1 fully saturated rings. The van der Waals surface area contributed by atoms with Gasteiger partial charge in [0, 0.05) is 0 Å². The van der Waals surface area contributed by atoms with Gasteiger partial charge in [0.2, 0.25) is 0 Å². The van der Waals surface area contributed by atoms with Gasteiger partial charge in [-0.05, 0) is 5.92 Å². The quantitative estimate of drug-likeness (QED) is 0.0543. The summed E-state index contributed by atoms with van der Waals surface area (Å²) in [7, 11) is 0. The van der Waals surface area contributed by atoms with E-state index in [4.69, 9.17) is 0 Å². The SMILES string of the molecule is CCCCCCCCCCCCCCCCCCCCCCCCCCCCCCCCCCCCCCCCCCCCCCCCC1CCCCC1. The molecule has 1 aliphatic rings. The lowest BCUT2D eigenvalue weighted by atomic mass is 9.85. The van der Waals surface area contributed by atoms with Crippen LogP contribution >= 0.6 is 0 Å². The summed E-state index contributed by atoms with van der Waals surface area (Å²) in [6, 6.07) is 0. The van der Waals surface area contributed by atoms with Crippen molar-refractivity contribution in [2.24, 2.45) is 5.92 Å². The predicted octanol–water partition coefficient (Wildman–Crippen LogP) is 20.9. The van der Waals surface area contributed by atoms with E-state index in [2.05, 4.69) is 6.92 Å². The van der Waals surface area contributed by atoms with Gasteiger partial charge in [0.05, 0.1) is 0 Å². The molecule has 0 amide bonds. The predicted molar refractivity (Wildman–Crippen MR) is 249 cm³/mol. The molecular weight excluding hydrogens is 649 g/mol. The van der Waals surface area contributed by atoms with E-state index < -0.39 is 0 Å². The van der Waals surface area contributed by atoms with Crippen LogP contribution in [0.25, 0.3) is 0 Å². The second-order valence-corrected chi connectivity index (χ2v) is 19.2. The fraction of sp³-hybridized carbons (Fsp3) is 1.00. The molecule has 324 valence electrons. The van der Waals surface area contributed by atoms with Crippen molar-refractivity contribution in [1.82, 2.24) is 0 Å². The second-order valence-electron chi connectivity index (χ2n) is 19.2. The largest absolute Gasteiger partial charge is 0.0654 e. The van der Waals surface area contributed by atoms with Gasteiger partial charge in [0.25, 0.3) is 0 Å². The minimum atomic E-state index is 1.10. The summed E-state index contributed by atoms with van der Waals surface area (Å²) < 4.78 is 0. The van der Waals surface area contributed by atoms with Crippen molar-refractivity contribution < 1.29 is 0 Å². The van der Waals surface area contributed by atoms with Crippen molar-refractivity contribution in [3.63, 3.8) is 0 Å². The monoisotopic (exact) mass is 757 g/mol. The van der Waals surface area contributed by atoms with Gasteiger partial charge in [-0.15, -0.1) is 0 Å². The third-order valence-corrected chi connectivity index (χ3v) is 13.7. The lowest BCUT2D eigenvalue weighted by Gasteiger charge is -2.21. The Morgan fingerprint density at radius 3 is 0.556 bits per heavy atom. The number of hydrogen-bond acceptors (Lipinski definition) is 0. The Morgan fingerprint density at radius 2 is 0.370 bits per heavy atom. The Labute approximate surface area is 345 Å². The van der Waals surface area contributed by atoms with Crippen molar-refractivity contribution in [3.05, 3.63) is 0 Å². The van der Waals surface area contributed by atoms with Crippen molar-refractivity contribution in [3.8, 4) is 0 Å². The van der Waals surface area contributed by atoms with Crippen LogP contribution in [0.1, 0.15) is 341 Å². The minimum Gasteiger partial charge on any atom is -0.0654 e. The van der Waals surface area contributed by atoms with Crippen LogP contribution in [0, 0.1) is 5.92 Å². The first-order chi connectivity index (χ1) is 26.9. The number of rotatable bonds is 47. The highest BCUT2D eigenvalue weighted by Crippen LogP contribution is 2.28. The van der Waals surface area contributed by atoms with Gasteiger partial charge < -0.3 is 0 Å². The zero-order chi connectivity index (χ0) is 38.3. The normalized spacial score (nSPS) is 13.7. The Kier molecular flexibility index (Phi) is 45.6. The van der Waals surface area contributed by atoms with E-state index in [0.717, 1.165) is 5.92 Å². The molecule has 1 aliphatic carbocycles. The van der Waals surface area contributed by atoms with Crippen LogP contribution in [0.5, 0.6) is 0 Å². The Balaban J connectivity index is 1.59. The highest BCUT2D eigenvalue weighted by atomic mass is 14.2. The third-order valence-electron chi connectivity index (χ3n) is 13.7. The zero-order valence-corrected chi connectivity index (χ0v) is 38.3.